The number of hydrogen-bond donors (Lipinski definition) is 0. The third-order valence-corrected chi connectivity index (χ3v) is 3.47. The zero-order chi connectivity index (χ0) is 11.5. The highest BCUT2D eigenvalue weighted by Gasteiger charge is 2.09. The summed E-state index contributed by atoms with van der Waals surface area (Å²) in [7, 11) is 0.531. The summed E-state index contributed by atoms with van der Waals surface area (Å²) in [6.07, 6.45) is 1.46. The van der Waals surface area contributed by atoms with Crippen LogP contribution < -0.4 is 0 Å². The topological polar surface area (TPSA) is 49.7 Å². The second-order valence-electron chi connectivity index (χ2n) is 3.38. The third-order valence-electron chi connectivity index (χ3n) is 1.82. The van der Waals surface area contributed by atoms with Crippen LogP contribution in [0.4, 0.5) is 4.79 Å². The lowest BCUT2D eigenvalue weighted by atomic mass is 10.4. The van der Waals surface area contributed by atoms with Gasteiger partial charge in [-0.2, -0.15) is 0 Å². The molecule has 0 fully saturated rings. The Kier molecular flexibility index (Phi) is 3.47. The summed E-state index contributed by atoms with van der Waals surface area (Å²) < 4.78 is 15.8. The van der Waals surface area contributed by atoms with Crippen molar-refractivity contribution in [2.75, 3.05) is 20.4 Å². The minimum Gasteiger partial charge on any atom is -0.328 e. The van der Waals surface area contributed by atoms with Gasteiger partial charge < -0.3 is 4.90 Å². The Balaban J connectivity index is 3.14. The van der Waals surface area contributed by atoms with Crippen LogP contribution in [-0.4, -0.2) is 35.5 Å². The zero-order valence-corrected chi connectivity index (χ0v) is 9.82. The smallest absolute Gasteiger partial charge is 0.328 e. The molecule has 0 aliphatic carbocycles. The van der Waals surface area contributed by atoms with Crippen molar-refractivity contribution in [3.63, 3.8) is 0 Å². The highest BCUT2D eigenvalue weighted by Crippen LogP contribution is 2.10. The number of rotatable bonds is 1. The zero-order valence-electron chi connectivity index (χ0n) is 9.01. The molecule has 0 bridgehead atoms. The van der Waals surface area contributed by atoms with Crippen LogP contribution in [0.15, 0.2) is 39.6 Å². The molecule has 0 saturated carbocycles. The molecule has 1 rings (SSSR count). The average Bonchev–Trinajstić information content (AvgIpc) is 2.18. The van der Waals surface area contributed by atoms with Gasteiger partial charge in [-0.15, -0.1) is 4.36 Å². The highest BCUT2D eigenvalue weighted by atomic mass is 32.2. The van der Waals surface area contributed by atoms with Gasteiger partial charge in [0.05, 0.1) is 9.73 Å². The van der Waals surface area contributed by atoms with E-state index in [1.54, 1.807) is 38.4 Å². The lowest BCUT2D eigenvalue weighted by Gasteiger charge is -2.08. The monoisotopic (exact) mass is 226 g/mol. The largest absolute Gasteiger partial charge is 0.351 e. The Labute approximate surface area is 90.1 Å². The Bertz CT molecular complexity index is 460. The van der Waals surface area contributed by atoms with Crippen LogP contribution in [0.25, 0.3) is 0 Å². The van der Waals surface area contributed by atoms with Gasteiger partial charge in [0, 0.05) is 25.2 Å². The van der Waals surface area contributed by atoms with Gasteiger partial charge in [-0.1, -0.05) is 18.2 Å². The molecule has 1 unspecified atom stereocenters. The number of hydrogen-bond acceptors (Lipinski definition) is 2. The van der Waals surface area contributed by atoms with Gasteiger partial charge in [0.15, 0.2) is 0 Å². The van der Waals surface area contributed by atoms with Crippen molar-refractivity contribution >= 4 is 15.8 Å². The lowest BCUT2D eigenvalue weighted by molar-refractivity contribution is 0.227. The molecule has 1 atom stereocenters. The molecule has 0 saturated heterocycles. The molecule has 5 heteroatoms. The van der Waals surface area contributed by atoms with E-state index in [9.17, 15) is 9.00 Å². The predicted octanol–water partition coefficient (Wildman–Crippen LogP) is 1.82. The molecule has 0 heterocycles. The first-order chi connectivity index (χ1) is 6.93. The molecule has 0 aromatic heterocycles. The number of urea groups is 1. The first-order valence-corrected chi connectivity index (χ1v) is 6.34. The summed E-state index contributed by atoms with van der Waals surface area (Å²) in [6, 6.07) is 8.30. The fourth-order valence-corrected chi connectivity index (χ4v) is 2.19. The predicted molar refractivity (Wildman–Crippen MR) is 60.3 cm³/mol. The maximum Gasteiger partial charge on any atom is 0.351 e. The minimum absolute atomic E-state index is 0.480. The van der Waals surface area contributed by atoms with Crippen molar-refractivity contribution in [3.8, 4) is 0 Å². The van der Waals surface area contributed by atoms with Crippen LogP contribution in [0.5, 0.6) is 0 Å². The van der Waals surface area contributed by atoms with E-state index in [1.807, 2.05) is 6.07 Å². The molecule has 0 radical (unpaired) electrons. The molecule has 1 aromatic carbocycles. The normalized spacial score (nSPS) is 14.1. The molecule has 82 valence electrons. The number of nitrogens with zero attached hydrogens (tertiary/aromatic N) is 2. The van der Waals surface area contributed by atoms with E-state index in [4.69, 9.17) is 0 Å². The highest BCUT2D eigenvalue weighted by molar-refractivity contribution is 7.93. The van der Waals surface area contributed by atoms with E-state index in [1.165, 1.54) is 11.2 Å². The van der Waals surface area contributed by atoms with Crippen molar-refractivity contribution in [1.29, 1.82) is 0 Å². The molecular formula is C10H14N2O2S. The van der Waals surface area contributed by atoms with Crippen LogP contribution >= 0.6 is 0 Å². The summed E-state index contributed by atoms with van der Waals surface area (Å²) in [5.74, 6) is 0. The van der Waals surface area contributed by atoms with Gasteiger partial charge >= 0.3 is 6.03 Å². The van der Waals surface area contributed by atoms with Crippen molar-refractivity contribution in [1.82, 2.24) is 4.90 Å². The minimum atomic E-state index is -2.62. The molecule has 0 N–H and O–H groups in total. The Hall–Kier alpha value is -1.36. The van der Waals surface area contributed by atoms with E-state index in [0.717, 1.165) is 0 Å². The van der Waals surface area contributed by atoms with Crippen LogP contribution in [0.2, 0.25) is 0 Å². The molecule has 15 heavy (non-hydrogen) atoms. The van der Waals surface area contributed by atoms with Crippen molar-refractivity contribution in [2.45, 2.75) is 4.90 Å². The van der Waals surface area contributed by atoms with Gasteiger partial charge in [0.25, 0.3) is 0 Å². The van der Waals surface area contributed by atoms with Crippen molar-refractivity contribution in [3.05, 3.63) is 30.3 Å². The fourth-order valence-electron chi connectivity index (χ4n) is 0.956. The number of carbonyl (C=O) groups excluding carboxylic acids is 1. The van der Waals surface area contributed by atoms with Gasteiger partial charge in [0.1, 0.15) is 0 Å². The second kappa shape index (κ2) is 4.44. The number of benzene rings is 1. The summed E-state index contributed by atoms with van der Waals surface area (Å²) in [5.41, 5.74) is 0. The van der Waals surface area contributed by atoms with Crippen LogP contribution in [0.1, 0.15) is 0 Å². The summed E-state index contributed by atoms with van der Waals surface area (Å²) in [6.45, 7) is 0. The summed E-state index contributed by atoms with van der Waals surface area (Å²) in [4.78, 5) is 13.2. The van der Waals surface area contributed by atoms with Gasteiger partial charge in [-0.25, -0.2) is 9.00 Å². The van der Waals surface area contributed by atoms with Crippen molar-refractivity contribution < 1.29 is 9.00 Å². The van der Waals surface area contributed by atoms with Gasteiger partial charge in [-0.05, 0) is 12.1 Å². The molecule has 1 aromatic rings. The van der Waals surface area contributed by atoms with Crippen molar-refractivity contribution in [2.24, 2.45) is 4.36 Å². The second-order valence-corrected chi connectivity index (χ2v) is 5.64. The Morgan fingerprint density at radius 1 is 1.27 bits per heavy atom. The van der Waals surface area contributed by atoms with Crippen LogP contribution in [0.3, 0.4) is 0 Å². The SMILES string of the molecule is CN(C)C(=O)N=S(C)(=O)c1ccccc1. The standard InChI is InChI=1S/C10H14N2O2S/c1-12(2)10(13)11-15(3,14)9-7-5-4-6-8-9/h4-8H,1-3H3. The molecule has 0 aliphatic heterocycles. The lowest BCUT2D eigenvalue weighted by Crippen LogP contribution is -2.19. The fraction of sp³-hybridized carbons (Fsp3) is 0.300. The van der Waals surface area contributed by atoms with Gasteiger partial charge in [-0.3, -0.25) is 0 Å². The summed E-state index contributed by atoms with van der Waals surface area (Å²) >= 11 is 0. The molecule has 0 aliphatic rings. The first-order valence-electron chi connectivity index (χ1n) is 4.42. The van der Waals surface area contributed by atoms with E-state index >= 15 is 0 Å². The number of amides is 2. The van der Waals surface area contributed by atoms with E-state index in [0.29, 0.717) is 4.90 Å². The van der Waals surface area contributed by atoms with Gasteiger partial charge in [0.2, 0.25) is 0 Å². The maximum absolute atomic E-state index is 12.1. The van der Waals surface area contributed by atoms with Crippen LogP contribution in [0, 0.1) is 0 Å². The average molecular weight is 226 g/mol. The molecule has 4 nitrogen and oxygen atoms in total. The van der Waals surface area contributed by atoms with E-state index in [2.05, 4.69) is 4.36 Å². The molecule has 2 amide bonds. The maximum atomic E-state index is 12.1. The Morgan fingerprint density at radius 3 is 2.27 bits per heavy atom. The summed E-state index contributed by atoms with van der Waals surface area (Å²) in [5, 5.41) is 0. The quantitative estimate of drug-likeness (QED) is 0.733. The van der Waals surface area contributed by atoms with E-state index < -0.39 is 15.8 Å². The van der Waals surface area contributed by atoms with E-state index in [-0.39, 0.29) is 0 Å². The Morgan fingerprint density at radius 2 is 1.80 bits per heavy atom. The third kappa shape index (κ3) is 3.06. The van der Waals surface area contributed by atoms with Crippen LogP contribution in [-0.2, 0) is 9.73 Å². The molecule has 0 spiro atoms. The molecular weight excluding hydrogens is 212 g/mol. The number of carbonyl (C=O) groups is 1. The first kappa shape index (κ1) is 11.7.